The second-order valence-electron chi connectivity index (χ2n) is 5.36. The Morgan fingerprint density at radius 3 is 2.15 bits per heavy atom. The third-order valence-electron chi connectivity index (χ3n) is 3.56. The first-order chi connectivity index (χ1) is 9.70. The van der Waals surface area contributed by atoms with Crippen LogP contribution in [0.1, 0.15) is 24.9 Å². The molecule has 0 fully saturated rings. The second-order valence-corrected chi connectivity index (χ2v) is 5.36. The van der Waals surface area contributed by atoms with E-state index in [9.17, 15) is 0 Å². The van der Waals surface area contributed by atoms with Gasteiger partial charge in [-0.25, -0.2) is 0 Å². The summed E-state index contributed by atoms with van der Waals surface area (Å²) in [6.45, 7) is 4.19. The van der Waals surface area contributed by atoms with Gasteiger partial charge in [0.05, 0.1) is 0 Å². The Labute approximate surface area is 122 Å². The van der Waals surface area contributed by atoms with E-state index in [2.05, 4.69) is 67.4 Å². The van der Waals surface area contributed by atoms with Crippen LogP contribution < -0.4 is 5.73 Å². The zero-order valence-corrected chi connectivity index (χ0v) is 12.4. The van der Waals surface area contributed by atoms with Crippen LogP contribution in [0.4, 0.5) is 0 Å². The van der Waals surface area contributed by atoms with Gasteiger partial charge in [-0.1, -0.05) is 61.5 Å². The smallest absolute Gasteiger partial charge is 0.0424 e. The number of hydrogen-bond donors (Lipinski definition) is 1. The Balaban J connectivity index is 2.04. The normalized spacial score (nSPS) is 12.6. The van der Waals surface area contributed by atoms with Crippen molar-refractivity contribution in [3.05, 3.63) is 60.2 Å². The molecular formula is C18H24N2. The van der Waals surface area contributed by atoms with Crippen LogP contribution in [0.25, 0.3) is 11.1 Å². The first kappa shape index (κ1) is 14.8. The molecule has 0 aliphatic carbocycles. The highest BCUT2D eigenvalue weighted by Gasteiger charge is 2.09. The van der Waals surface area contributed by atoms with Crippen molar-refractivity contribution in [2.45, 2.75) is 19.4 Å². The number of benzene rings is 2. The van der Waals surface area contributed by atoms with Crippen molar-refractivity contribution in [1.82, 2.24) is 4.90 Å². The summed E-state index contributed by atoms with van der Waals surface area (Å²) >= 11 is 0. The SMILES string of the molecule is CCCN(C)CC(N)c1ccc(-c2ccccc2)cc1. The van der Waals surface area contributed by atoms with E-state index in [1.54, 1.807) is 0 Å². The fourth-order valence-corrected chi connectivity index (χ4v) is 2.47. The summed E-state index contributed by atoms with van der Waals surface area (Å²) in [7, 11) is 2.13. The quantitative estimate of drug-likeness (QED) is 0.865. The largest absolute Gasteiger partial charge is 0.323 e. The monoisotopic (exact) mass is 268 g/mol. The van der Waals surface area contributed by atoms with E-state index >= 15 is 0 Å². The van der Waals surface area contributed by atoms with Gasteiger partial charge in [0, 0.05) is 12.6 Å². The van der Waals surface area contributed by atoms with Crippen LogP contribution in [0.15, 0.2) is 54.6 Å². The minimum absolute atomic E-state index is 0.0800. The van der Waals surface area contributed by atoms with Crippen molar-refractivity contribution in [2.75, 3.05) is 20.1 Å². The van der Waals surface area contributed by atoms with Crippen LogP contribution in [-0.2, 0) is 0 Å². The molecule has 0 aliphatic rings. The van der Waals surface area contributed by atoms with Gasteiger partial charge in [0.1, 0.15) is 0 Å². The minimum Gasteiger partial charge on any atom is -0.323 e. The van der Waals surface area contributed by atoms with Crippen LogP contribution in [0.3, 0.4) is 0 Å². The molecule has 0 saturated heterocycles. The van der Waals surface area contributed by atoms with E-state index in [1.807, 2.05) is 6.07 Å². The average molecular weight is 268 g/mol. The lowest BCUT2D eigenvalue weighted by molar-refractivity contribution is 0.313. The standard InChI is InChI=1S/C18H24N2/c1-3-13-20(2)14-18(19)17-11-9-16(10-12-17)15-7-5-4-6-8-15/h4-12,18H,3,13-14,19H2,1-2H3. The molecule has 0 saturated carbocycles. The van der Waals surface area contributed by atoms with Crippen molar-refractivity contribution in [3.63, 3.8) is 0 Å². The number of nitrogens with two attached hydrogens (primary N) is 1. The van der Waals surface area contributed by atoms with Gasteiger partial charge in [-0.3, -0.25) is 0 Å². The van der Waals surface area contributed by atoms with E-state index in [0.29, 0.717) is 0 Å². The van der Waals surface area contributed by atoms with Crippen LogP contribution >= 0.6 is 0 Å². The summed E-state index contributed by atoms with van der Waals surface area (Å²) in [4.78, 5) is 2.29. The Morgan fingerprint density at radius 1 is 0.950 bits per heavy atom. The maximum absolute atomic E-state index is 6.27. The Bertz CT molecular complexity index is 505. The summed E-state index contributed by atoms with van der Waals surface area (Å²) < 4.78 is 0. The van der Waals surface area contributed by atoms with Crippen LogP contribution in [0, 0.1) is 0 Å². The maximum Gasteiger partial charge on any atom is 0.0424 e. The van der Waals surface area contributed by atoms with Crippen molar-refractivity contribution < 1.29 is 0 Å². The van der Waals surface area contributed by atoms with Crippen molar-refractivity contribution in [3.8, 4) is 11.1 Å². The second kappa shape index (κ2) is 7.22. The van der Waals surface area contributed by atoms with Gasteiger partial charge in [-0.05, 0) is 36.7 Å². The molecule has 2 N–H and O–H groups in total. The summed E-state index contributed by atoms with van der Waals surface area (Å²) in [6.07, 6.45) is 1.16. The lowest BCUT2D eigenvalue weighted by atomic mass is 10.0. The Kier molecular flexibility index (Phi) is 5.33. The Morgan fingerprint density at radius 2 is 1.55 bits per heavy atom. The number of rotatable bonds is 6. The predicted octanol–water partition coefficient (Wildman–Crippen LogP) is 3.70. The van der Waals surface area contributed by atoms with Crippen LogP contribution in [-0.4, -0.2) is 25.0 Å². The van der Waals surface area contributed by atoms with Gasteiger partial charge in [-0.15, -0.1) is 0 Å². The molecule has 2 rings (SSSR count). The van der Waals surface area contributed by atoms with Gasteiger partial charge in [0.15, 0.2) is 0 Å². The summed E-state index contributed by atoms with van der Waals surface area (Å²) in [5, 5.41) is 0. The van der Waals surface area contributed by atoms with Crippen molar-refractivity contribution >= 4 is 0 Å². The summed E-state index contributed by atoms with van der Waals surface area (Å²) in [5.74, 6) is 0. The van der Waals surface area contributed by atoms with Gasteiger partial charge in [-0.2, -0.15) is 0 Å². The molecular weight excluding hydrogens is 244 g/mol. The zero-order chi connectivity index (χ0) is 14.4. The number of likely N-dealkylation sites (N-methyl/N-ethyl adjacent to an activating group) is 1. The molecule has 0 bridgehead atoms. The van der Waals surface area contributed by atoms with Gasteiger partial charge >= 0.3 is 0 Å². The fourth-order valence-electron chi connectivity index (χ4n) is 2.47. The Hall–Kier alpha value is -1.64. The third kappa shape index (κ3) is 3.92. The molecule has 2 heteroatoms. The number of nitrogens with zero attached hydrogens (tertiary/aromatic N) is 1. The topological polar surface area (TPSA) is 29.3 Å². The van der Waals surface area contributed by atoms with Gasteiger partial charge in [0.2, 0.25) is 0 Å². The van der Waals surface area contributed by atoms with Gasteiger partial charge in [0.25, 0.3) is 0 Å². The highest BCUT2D eigenvalue weighted by atomic mass is 15.1. The summed E-state index contributed by atoms with van der Waals surface area (Å²) in [5.41, 5.74) is 9.96. The zero-order valence-electron chi connectivity index (χ0n) is 12.4. The van der Waals surface area contributed by atoms with Crippen LogP contribution in [0.2, 0.25) is 0 Å². The third-order valence-corrected chi connectivity index (χ3v) is 3.56. The summed E-state index contributed by atoms with van der Waals surface area (Å²) in [6, 6.07) is 19.1. The number of hydrogen-bond acceptors (Lipinski definition) is 2. The molecule has 0 heterocycles. The molecule has 106 valence electrons. The molecule has 0 aromatic heterocycles. The first-order valence-electron chi connectivity index (χ1n) is 7.30. The van der Waals surface area contributed by atoms with Gasteiger partial charge < -0.3 is 10.6 Å². The molecule has 2 nitrogen and oxygen atoms in total. The highest BCUT2D eigenvalue weighted by molar-refractivity contribution is 5.63. The van der Waals surface area contributed by atoms with E-state index in [0.717, 1.165) is 19.5 Å². The first-order valence-corrected chi connectivity index (χ1v) is 7.30. The maximum atomic E-state index is 6.27. The molecule has 0 aliphatic heterocycles. The molecule has 0 spiro atoms. The lowest BCUT2D eigenvalue weighted by Crippen LogP contribution is -2.29. The van der Waals surface area contributed by atoms with Crippen molar-refractivity contribution in [1.29, 1.82) is 0 Å². The highest BCUT2D eigenvalue weighted by Crippen LogP contribution is 2.21. The molecule has 0 radical (unpaired) electrons. The lowest BCUT2D eigenvalue weighted by Gasteiger charge is -2.21. The molecule has 1 unspecified atom stereocenters. The van der Waals surface area contributed by atoms with Crippen molar-refractivity contribution in [2.24, 2.45) is 5.73 Å². The predicted molar refractivity (Wildman–Crippen MR) is 86.6 cm³/mol. The average Bonchev–Trinajstić information content (AvgIpc) is 2.48. The van der Waals surface area contributed by atoms with E-state index in [4.69, 9.17) is 5.73 Å². The van der Waals surface area contributed by atoms with Crippen LogP contribution in [0.5, 0.6) is 0 Å². The molecule has 2 aromatic rings. The van der Waals surface area contributed by atoms with E-state index in [-0.39, 0.29) is 6.04 Å². The molecule has 1 atom stereocenters. The molecule has 0 amide bonds. The van der Waals surface area contributed by atoms with E-state index < -0.39 is 0 Å². The molecule has 20 heavy (non-hydrogen) atoms. The minimum atomic E-state index is 0.0800. The fraction of sp³-hybridized carbons (Fsp3) is 0.333. The molecule has 2 aromatic carbocycles. The van der Waals surface area contributed by atoms with E-state index in [1.165, 1.54) is 16.7 Å².